The largest absolute Gasteiger partial charge is 0.481 e. The van der Waals surface area contributed by atoms with E-state index in [-0.39, 0.29) is 6.10 Å². The predicted molar refractivity (Wildman–Crippen MR) is 78.0 cm³/mol. The number of aromatic nitrogens is 4. The SMILES string of the molecule is COc1nc(C)nc(N2CCOC(c3nnc(C)o3)C2)c1C. The van der Waals surface area contributed by atoms with Gasteiger partial charge in [-0.05, 0) is 13.8 Å². The molecule has 1 saturated heterocycles. The highest BCUT2D eigenvalue weighted by Crippen LogP contribution is 2.29. The summed E-state index contributed by atoms with van der Waals surface area (Å²) in [5, 5.41) is 7.90. The first-order chi connectivity index (χ1) is 10.6. The van der Waals surface area contributed by atoms with Crippen molar-refractivity contribution in [1.82, 2.24) is 20.2 Å². The quantitative estimate of drug-likeness (QED) is 0.840. The second-order valence-corrected chi connectivity index (χ2v) is 5.19. The molecule has 8 heteroatoms. The predicted octanol–water partition coefficient (Wildman–Crippen LogP) is 1.37. The number of aryl methyl sites for hydroxylation is 2. The van der Waals surface area contributed by atoms with E-state index in [4.69, 9.17) is 13.9 Å². The number of nitrogens with zero attached hydrogens (tertiary/aromatic N) is 5. The Morgan fingerprint density at radius 3 is 2.68 bits per heavy atom. The van der Waals surface area contributed by atoms with Gasteiger partial charge in [0.25, 0.3) is 0 Å². The third kappa shape index (κ3) is 2.74. The number of anilines is 1. The van der Waals surface area contributed by atoms with Crippen LogP contribution in [-0.2, 0) is 4.74 Å². The molecule has 3 rings (SSSR count). The van der Waals surface area contributed by atoms with Gasteiger partial charge in [0.15, 0.2) is 6.10 Å². The minimum absolute atomic E-state index is 0.254. The maximum atomic E-state index is 5.74. The van der Waals surface area contributed by atoms with Crippen LogP contribution >= 0.6 is 0 Å². The average Bonchev–Trinajstić information content (AvgIpc) is 2.96. The van der Waals surface area contributed by atoms with Crippen molar-refractivity contribution < 1.29 is 13.9 Å². The summed E-state index contributed by atoms with van der Waals surface area (Å²) in [6.07, 6.45) is -0.254. The van der Waals surface area contributed by atoms with Gasteiger partial charge in [-0.2, -0.15) is 4.98 Å². The first-order valence-corrected chi connectivity index (χ1v) is 7.14. The van der Waals surface area contributed by atoms with E-state index in [0.717, 1.165) is 17.9 Å². The van der Waals surface area contributed by atoms with Crippen LogP contribution in [0.3, 0.4) is 0 Å². The summed E-state index contributed by atoms with van der Waals surface area (Å²) >= 11 is 0. The van der Waals surface area contributed by atoms with Crippen molar-refractivity contribution in [2.75, 3.05) is 31.7 Å². The van der Waals surface area contributed by atoms with Crippen molar-refractivity contribution >= 4 is 5.82 Å². The summed E-state index contributed by atoms with van der Waals surface area (Å²) in [6.45, 7) is 7.47. The standard InChI is InChI=1S/C14H19N5O3/c1-8-12(15-9(2)16-13(8)20-4)19-5-6-21-11(7-19)14-18-17-10(3)22-14/h11H,5-7H2,1-4H3. The van der Waals surface area contributed by atoms with Gasteiger partial charge >= 0.3 is 0 Å². The van der Waals surface area contributed by atoms with Crippen molar-refractivity contribution in [1.29, 1.82) is 0 Å². The molecule has 0 N–H and O–H groups in total. The fraction of sp³-hybridized carbons (Fsp3) is 0.571. The maximum absolute atomic E-state index is 5.74. The molecule has 1 unspecified atom stereocenters. The molecule has 0 bridgehead atoms. The molecule has 8 nitrogen and oxygen atoms in total. The molecule has 22 heavy (non-hydrogen) atoms. The molecule has 0 aliphatic carbocycles. The Hall–Kier alpha value is -2.22. The normalized spacial score (nSPS) is 18.5. The Morgan fingerprint density at radius 2 is 2.00 bits per heavy atom. The zero-order chi connectivity index (χ0) is 15.7. The summed E-state index contributed by atoms with van der Waals surface area (Å²) in [5.41, 5.74) is 0.912. The molecule has 0 radical (unpaired) electrons. The molecular weight excluding hydrogens is 286 g/mol. The Morgan fingerprint density at radius 1 is 1.18 bits per heavy atom. The zero-order valence-electron chi connectivity index (χ0n) is 13.2. The molecule has 0 aromatic carbocycles. The molecule has 1 atom stereocenters. The van der Waals surface area contributed by atoms with Crippen molar-refractivity contribution in [2.24, 2.45) is 0 Å². The molecule has 1 fully saturated rings. The van der Waals surface area contributed by atoms with E-state index in [2.05, 4.69) is 25.1 Å². The minimum Gasteiger partial charge on any atom is -0.481 e. The Labute approximate surface area is 128 Å². The summed E-state index contributed by atoms with van der Waals surface area (Å²) < 4.78 is 16.5. The van der Waals surface area contributed by atoms with Crippen LogP contribution in [0.25, 0.3) is 0 Å². The molecule has 0 spiro atoms. The number of rotatable bonds is 3. The van der Waals surface area contributed by atoms with Crippen LogP contribution in [0.4, 0.5) is 5.82 Å². The molecule has 0 amide bonds. The lowest BCUT2D eigenvalue weighted by Crippen LogP contribution is -2.39. The highest BCUT2D eigenvalue weighted by molar-refractivity contribution is 5.51. The summed E-state index contributed by atoms with van der Waals surface area (Å²) in [4.78, 5) is 11.0. The summed E-state index contributed by atoms with van der Waals surface area (Å²) in [5.74, 6) is 3.16. The van der Waals surface area contributed by atoms with E-state index in [1.165, 1.54) is 0 Å². The van der Waals surface area contributed by atoms with Crippen LogP contribution in [0.15, 0.2) is 4.42 Å². The molecule has 2 aromatic heterocycles. The molecule has 1 aliphatic rings. The number of morpholine rings is 1. The summed E-state index contributed by atoms with van der Waals surface area (Å²) in [7, 11) is 1.61. The van der Waals surface area contributed by atoms with Gasteiger partial charge < -0.3 is 18.8 Å². The monoisotopic (exact) mass is 305 g/mol. The van der Waals surface area contributed by atoms with E-state index in [1.54, 1.807) is 14.0 Å². The molecular formula is C14H19N5O3. The lowest BCUT2D eigenvalue weighted by atomic mass is 10.2. The zero-order valence-corrected chi connectivity index (χ0v) is 13.2. The lowest BCUT2D eigenvalue weighted by Gasteiger charge is -2.33. The topological polar surface area (TPSA) is 86.4 Å². The van der Waals surface area contributed by atoms with Crippen molar-refractivity contribution in [3.8, 4) is 5.88 Å². The van der Waals surface area contributed by atoms with Crippen molar-refractivity contribution in [3.05, 3.63) is 23.2 Å². The van der Waals surface area contributed by atoms with Crippen molar-refractivity contribution in [3.63, 3.8) is 0 Å². The van der Waals surface area contributed by atoms with Crippen LogP contribution in [0.2, 0.25) is 0 Å². The molecule has 2 aromatic rings. The maximum Gasteiger partial charge on any atom is 0.246 e. The summed E-state index contributed by atoms with van der Waals surface area (Å²) in [6, 6.07) is 0. The molecule has 1 aliphatic heterocycles. The van der Waals surface area contributed by atoms with Gasteiger partial charge in [0, 0.05) is 13.5 Å². The first-order valence-electron chi connectivity index (χ1n) is 7.14. The van der Waals surface area contributed by atoms with E-state index in [9.17, 15) is 0 Å². The van der Waals surface area contributed by atoms with E-state index >= 15 is 0 Å². The minimum atomic E-state index is -0.254. The van der Waals surface area contributed by atoms with E-state index < -0.39 is 0 Å². The first kappa shape index (κ1) is 14.7. The van der Waals surface area contributed by atoms with Gasteiger partial charge in [-0.15, -0.1) is 10.2 Å². The smallest absolute Gasteiger partial charge is 0.246 e. The van der Waals surface area contributed by atoms with Gasteiger partial charge in [-0.3, -0.25) is 0 Å². The van der Waals surface area contributed by atoms with Gasteiger partial charge in [-0.25, -0.2) is 4.98 Å². The third-order valence-electron chi connectivity index (χ3n) is 3.56. The Kier molecular flexibility index (Phi) is 3.93. The number of ether oxygens (including phenoxy) is 2. The van der Waals surface area contributed by atoms with Gasteiger partial charge in [0.1, 0.15) is 11.6 Å². The van der Waals surface area contributed by atoms with Gasteiger partial charge in [0.2, 0.25) is 17.7 Å². The van der Waals surface area contributed by atoms with Crippen LogP contribution < -0.4 is 9.64 Å². The van der Waals surface area contributed by atoms with Gasteiger partial charge in [-0.1, -0.05) is 0 Å². The number of methoxy groups -OCH3 is 1. The van der Waals surface area contributed by atoms with E-state index in [1.807, 2.05) is 13.8 Å². The van der Waals surface area contributed by atoms with Crippen LogP contribution in [0.1, 0.15) is 29.3 Å². The fourth-order valence-electron chi connectivity index (χ4n) is 2.53. The van der Waals surface area contributed by atoms with Crippen LogP contribution in [0.5, 0.6) is 5.88 Å². The number of hydrogen-bond donors (Lipinski definition) is 0. The van der Waals surface area contributed by atoms with Crippen molar-refractivity contribution in [2.45, 2.75) is 26.9 Å². The fourth-order valence-corrected chi connectivity index (χ4v) is 2.53. The van der Waals surface area contributed by atoms with E-state index in [0.29, 0.717) is 36.6 Å². The molecule has 118 valence electrons. The highest BCUT2D eigenvalue weighted by atomic mass is 16.5. The Bertz CT molecular complexity index is 672. The lowest BCUT2D eigenvalue weighted by molar-refractivity contribution is 0.0213. The van der Waals surface area contributed by atoms with Crippen LogP contribution in [0, 0.1) is 20.8 Å². The van der Waals surface area contributed by atoms with Crippen LogP contribution in [-0.4, -0.2) is 47.0 Å². The van der Waals surface area contributed by atoms with Gasteiger partial charge in [0.05, 0.1) is 25.8 Å². The average molecular weight is 305 g/mol. The second-order valence-electron chi connectivity index (χ2n) is 5.19. The second kappa shape index (κ2) is 5.88. The molecule has 3 heterocycles. The molecule has 0 saturated carbocycles. The highest BCUT2D eigenvalue weighted by Gasteiger charge is 2.28. The Balaban J connectivity index is 1.87. The third-order valence-corrected chi connectivity index (χ3v) is 3.56. The number of hydrogen-bond acceptors (Lipinski definition) is 8.